The predicted octanol–water partition coefficient (Wildman–Crippen LogP) is 4.26. The Kier molecular flexibility index (Phi) is 6.30. The van der Waals surface area contributed by atoms with Crippen LogP contribution in [0, 0.1) is 5.92 Å². The van der Waals surface area contributed by atoms with Crippen LogP contribution in [-0.2, 0) is 16.4 Å². The smallest absolute Gasteiger partial charge is 0.309 e. The summed E-state index contributed by atoms with van der Waals surface area (Å²) in [6.45, 7) is 4.01. The number of sulfone groups is 1. The lowest BCUT2D eigenvalue weighted by molar-refractivity contribution is 0.0621. The van der Waals surface area contributed by atoms with Crippen molar-refractivity contribution in [3.05, 3.63) is 66.2 Å². The van der Waals surface area contributed by atoms with Gasteiger partial charge in [0.1, 0.15) is 0 Å². The molecule has 0 aliphatic carbocycles. The number of hydrogen-bond acceptors (Lipinski definition) is 3. The molecule has 0 saturated heterocycles. The molecular formula is C19H23F2NO2S. The van der Waals surface area contributed by atoms with Crippen molar-refractivity contribution < 1.29 is 17.2 Å². The fraction of sp³-hybridized carbons (Fsp3) is 0.368. The van der Waals surface area contributed by atoms with Gasteiger partial charge < -0.3 is 5.32 Å². The first kappa shape index (κ1) is 19.5. The van der Waals surface area contributed by atoms with Crippen LogP contribution in [0.4, 0.5) is 8.78 Å². The molecule has 0 unspecified atom stereocenters. The summed E-state index contributed by atoms with van der Waals surface area (Å²) >= 11 is 0. The minimum Gasteiger partial charge on any atom is -0.309 e. The highest BCUT2D eigenvalue weighted by Gasteiger charge is 2.47. The molecule has 0 bridgehead atoms. The van der Waals surface area contributed by atoms with Crippen molar-refractivity contribution in [2.24, 2.45) is 5.92 Å². The van der Waals surface area contributed by atoms with Crippen molar-refractivity contribution in [1.29, 1.82) is 0 Å². The molecule has 3 nitrogen and oxygen atoms in total. The topological polar surface area (TPSA) is 46.2 Å². The van der Waals surface area contributed by atoms with Crippen LogP contribution in [0.1, 0.15) is 25.8 Å². The average molecular weight is 367 g/mol. The molecule has 136 valence electrons. The number of rotatable bonds is 8. The molecule has 0 saturated carbocycles. The van der Waals surface area contributed by atoms with Crippen molar-refractivity contribution in [2.75, 3.05) is 0 Å². The third-order valence-corrected chi connectivity index (χ3v) is 5.97. The van der Waals surface area contributed by atoms with E-state index in [1.165, 1.54) is 24.3 Å². The zero-order valence-electron chi connectivity index (χ0n) is 14.3. The quantitative estimate of drug-likeness (QED) is 0.758. The van der Waals surface area contributed by atoms with E-state index in [1.807, 2.05) is 30.3 Å². The molecule has 2 rings (SSSR count). The number of nitrogens with one attached hydrogen (secondary N) is 1. The molecule has 25 heavy (non-hydrogen) atoms. The van der Waals surface area contributed by atoms with Gasteiger partial charge in [-0.25, -0.2) is 8.42 Å². The maximum Gasteiger partial charge on any atom is 0.351 e. The van der Waals surface area contributed by atoms with Gasteiger partial charge in [0.25, 0.3) is 0 Å². The lowest BCUT2D eigenvalue weighted by atomic mass is 10.0. The van der Waals surface area contributed by atoms with Gasteiger partial charge in [0.05, 0.1) is 4.90 Å². The Morgan fingerprint density at radius 2 is 1.48 bits per heavy atom. The summed E-state index contributed by atoms with van der Waals surface area (Å²) in [7, 11) is -4.72. The lowest BCUT2D eigenvalue weighted by Crippen LogP contribution is -2.42. The van der Waals surface area contributed by atoms with Gasteiger partial charge in [-0.05, 0) is 23.6 Å². The number of halogens is 2. The van der Waals surface area contributed by atoms with Gasteiger partial charge in [-0.15, -0.1) is 0 Å². The number of benzene rings is 2. The van der Waals surface area contributed by atoms with Gasteiger partial charge in [-0.3, -0.25) is 0 Å². The van der Waals surface area contributed by atoms with Gasteiger partial charge in [0, 0.05) is 19.0 Å². The largest absolute Gasteiger partial charge is 0.351 e. The van der Waals surface area contributed by atoms with E-state index in [1.54, 1.807) is 19.9 Å². The molecule has 0 aliphatic heterocycles. The monoisotopic (exact) mass is 367 g/mol. The summed E-state index contributed by atoms with van der Waals surface area (Å²) in [5.41, 5.74) is 0.961. The van der Waals surface area contributed by atoms with Crippen LogP contribution in [0.25, 0.3) is 0 Å². The molecule has 2 aromatic carbocycles. The van der Waals surface area contributed by atoms with Crippen LogP contribution >= 0.6 is 0 Å². The Morgan fingerprint density at radius 1 is 0.960 bits per heavy atom. The first-order valence-corrected chi connectivity index (χ1v) is 9.67. The van der Waals surface area contributed by atoms with Crippen LogP contribution in [-0.4, -0.2) is 19.7 Å². The Balaban J connectivity index is 2.14. The van der Waals surface area contributed by atoms with Crippen molar-refractivity contribution in [2.45, 2.75) is 43.0 Å². The summed E-state index contributed by atoms with van der Waals surface area (Å²) in [5, 5.41) is -0.770. The minimum atomic E-state index is -4.72. The molecule has 6 heteroatoms. The second-order valence-electron chi connectivity index (χ2n) is 6.37. The van der Waals surface area contributed by atoms with Gasteiger partial charge in [-0.2, -0.15) is 8.78 Å². The summed E-state index contributed by atoms with van der Waals surface area (Å²) in [6, 6.07) is 15.6. The van der Waals surface area contributed by atoms with E-state index in [0.717, 1.165) is 5.56 Å². The van der Waals surface area contributed by atoms with Gasteiger partial charge >= 0.3 is 5.25 Å². The Bertz CT molecular complexity index is 763. The summed E-state index contributed by atoms with van der Waals surface area (Å²) in [5.74, 6) is -0.138. The molecule has 1 atom stereocenters. The highest BCUT2D eigenvalue weighted by molar-refractivity contribution is 7.92. The third kappa shape index (κ3) is 4.86. The van der Waals surface area contributed by atoms with E-state index in [4.69, 9.17) is 0 Å². The second kappa shape index (κ2) is 8.06. The van der Waals surface area contributed by atoms with E-state index in [9.17, 15) is 17.2 Å². The summed E-state index contributed by atoms with van der Waals surface area (Å²) in [6.07, 6.45) is -0.769. The van der Waals surface area contributed by atoms with Crippen LogP contribution in [0.5, 0.6) is 0 Å². The van der Waals surface area contributed by atoms with Gasteiger partial charge in [-0.1, -0.05) is 62.4 Å². The first-order chi connectivity index (χ1) is 11.7. The summed E-state index contributed by atoms with van der Waals surface area (Å²) in [4.78, 5) is -0.356. The van der Waals surface area contributed by atoms with E-state index in [-0.39, 0.29) is 10.8 Å². The molecule has 0 fully saturated rings. The molecular weight excluding hydrogens is 344 g/mol. The lowest BCUT2D eigenvalue weighted by Gasteiger charge is -2.27. The second-order valence-corrected chi connectivity index (χ2v) is 8.45. The van der Waals surface area contributed by atoms with Crippen LogP contribution in [0.3, 0.4) is 0 Å². The Hall–Kier alpha value is -1.79. The molecule has 1 N–H and O–H groups in total. The number of hydrogen-bond donors (Lipinski definition) is 1. The number of alkyl halides is 2. The Labute approximate surface area is 148 Å². The SMILES string of the molecule is CC(C)[C@@H](CC(F)(F)S(=O)(=O)c1ccccc1)NCc1ccccc1. The average Bonchev–Trinajstić information content (AvgIpc) is 2.59. The van der Waals surface area contributed by atoms with E-state index < -0.39 is 27.6 Å². The van der Waals surface area contributed by atoms with Crippen molar-refractivity contribution >= 4 is 9.84 Å². The van der Waals surface area contributed by atoms with Gasteiger partial charge in [0.2, 0.25) is 9.84 Å². The zero-order valence-corrected chi connectivity index (χ0v) is 15.1. The normalized spacial score (nSPS) is 13.8. The minimum absolute atomic E-state index is 0.138. The molecule has 2 aromatic rings. The highest BCUT2D eigenvalue weighted by Crippen LogP contribution is 2.34. The fourth-order valence-corrected chi connectivity index (χ4v) is 3.79. The van der Waals surface area contributed by atoms with E-state index in [0.29, 0.717) is 6.54 Å². The van der Waals surface area contributed by atoms with Crippen molar-refractivity contribution in [3.63, 3.8) is 0 Å². The zero-order chi connectivity index (χ0) is 18.5. The molecule has 0 aliphatic rings. The molecule has 0 radical (unpaired) electrons. The first-order valence-electron chi connectivity index (χ1n) is 8.19. The Morgan fingerprint density at radius 3 is 2.00 bits per heavy atom. The maximum absolute atomic E-state index is 14.6. The van der Waals surface area contributed by atoms with Crippen molar-refractivity contribution in [3.8, 4) is 0 Å². The van der Waals surface area contributed by atoms with Crippen LogP contribution in [0.2, 0.25) is 0 Å². The maximum atomic E-state index is 14.6. The van der Waals surface area contributed by atoms with Crippen molar-refractivity contribution in [1.82, 2.24) is 5.32 Å². The predicted molar refractivity (Wildman–Crippen MR) is 95.1 cm³/mol. The van der Waals surface area contributed by atoms with E-state index >= 15 is 0 Å². The standard InChI is InChI=1S/C19H23F2NO2S/c1-15(2)18(22-14-16-9-5-3-6-10-16)13-19(20,21)25(23,24)17-11-7-4-8-12-17/h3-12,15,18,22H,13-14H2,1-2H3/t18-/m1/s1. The third-order valence-electron chi connectivity index (χ3n) is 4.12. The van der Waals surface area contributed by atoms with E-state index in [2.05, 4.69) is 5.32 Å². The summed E-state index contributed by atoms with van der Waals surface area (Å²) < 4.78 is 53.8. The molecule has 0 heterocycles. The molecule has 0 amide bonds. The van der Waals surface area contributed by atoms with Crippen LogP contribution < -0.4 is 5.32 Å². The van der Waals surface area contributed by atoms with Gasteiger partial charge in [0.15, 0.2) is 0 Å². The van der Waals surface area contributed by atoms with Crippen LogP contribution in [0.15, 0.2) is 65.6 Å². The molecule has 0 aromatic heterocycles. The highest BCUT2D eigenvalue weighted by atomic mass is 32.2. The molecule has 0 spiro atoms. The fourth-order valence-electron chi connectivity index (χ4n) is 2.53.